The van der Waals surface area contributed by atoms with Crippen LogP contribution in [0.5, 0.6) is 0 Å². The Morgan fingerprint density at radius 3 is 2.82 bits per heavy atom. The van der Waals surface area contributed by atoms with Crippen molar-refractivity contribution in [2.24, 2.45) is 5.92 Å². The number of piperidine rings is 1. The molecule has 1 aliphatic heterocycles. The highest BCUT2D eigenvalue weighted by molar-refractivity contribution is 6.30. The van der Waals surface area contributed by atoms with Crippen molar-refractivity contribution in [1.29, 1.82) is 0 Å². The van der Waals surface area contributed by atoms with Crippen LogP contribution in [0.2, 0.25) is 5.02 Å². The van der Waals surface area contributed by atoms with Crippen LogP contribution < -0.4 is 10.2 Å². The van der Waals surface area contributed by atoms with Crippen molar-refractivity contribution in [2.45, 2.75) is 25.8 Å². The quantitative estimate of drug-likeness (QED) is 0.448. The molecule has 4 aromatic rings. The van der Waals surface area contributed by atoms with Crippen LogP contribution >= 0.6 is 11.6 Å². The van der Waals surface area contributed by atoms with Crippen molar-refractivity contribution >= 4 is 28.8 Å². The molecule has 0 radical (unpaired) electrons. The van der Waals surface area contributed by atoms with Gasteiger partial charge in [0.2, 0.25) is 5.91 Å². The molecule has 0 spiro atoms. The second kappa shape index (κ2) is 9.24. The molecule has 1 saturated heterocycles. The lowest BCUT2D eigenvalue weighted by Crippen LogP contribution is -2.44. The monoisotopic (exact) mass is 459 g/mol. The second-order valence-electron chi connectivity index (χ2n) is 8.55. The number of nitrogens with zero attached hydrogens (tertiary/aromatic N) is 4. The van der Waals surface area contributed by atoms with Gasteiger partial charge in [0.25, 0.3) is 0 Å². The third kappa shape index (κ3) is 4.57. The maximum atomic E-state index is 13.1. The summed E-state index contributed by atoms with van der Waals surface area (Å²) in [6.45, 7) is 3.53. The number of hydrogen-bond donors (Lipinski definition) is 1. The van der Waals surface area contributed by atoms with Crippen molar-refractivity contribution in [3.63, 3.8) is 0 Å². The highest BCUT2D eigenvalue weighted by Gasteiger charge is 2.28. The number of benzene rings is 2. The molecule has 2 aromatic carbocycles. The molecule has 5 rings (SSSR count). The number of hydrogen-bond acceptors (Lipinski definition) is 4. The number of carbonyl (C=O) groups is 1. The first-order valence-corrected chi connectivity index (χ1v) is 11.7. The van der Waals surface area contributed by atoms with Gasteiger partial charge in [-0.25, -0.2) is 9.50 Å². The Morgan fingerprint density at radius 2 is 2.00 bits per heavy atom. The Kier molecular flexibility index (Phi) is 6.01. The summed E-state index contributed by atoms with van der Waals surface area (Å²) >= 11 is 6.17. The van der Waals surface area contributed by atoms with Gasteiger partial charge in [0.1, 0.15) is 5.52 Å². The normalized spacial score (nSPS) is 17.2. The first-order valence-electron chi connectivity index (χ1n) is 11.3. The smallest absolute Gasteiger partial charge is 0.225 e. The van der Waals surface area contributed by atoms with Gasteiger partial charge in [-0.1, -0.05) is 54.1 Å². The molecule has 7 heteroatoms. The third-order valence-electron chi connectivity index (χ3n) is 6.24. The second-order valence-corrected chi connectivity index (χ2v) is 8.98. The average Bonchev–Trinajstić information content (AvgIpc) is 3.29. The number of aromatic nitrogens is 3. The highest BCUT2D eigenvalue weighted by Crippen LogP contribution is 2.29. The van der Waals surface area contributed by atoms with Gasteiger partial charge in [0.05, 0.1) is 17.7 Å². The zero-order valence-electron chi connectivity index (χ0n) is 18.5. The fourth-order valence-corrected chi connectivity index (χ4v) is 4.67. The fraction of sp³-hybridized carbons (Fsp3) is 0.269. The molecule has 1 N–H and O–H groups in total. The Bertz CT molecular complexity index is 1270. The topological polar surface area (TPSA) is 62.5 Å². The van der Waals surface area contributed by atoms with E-state index >= 15 is 0 Å². The van der Waals surface area contributed by atoms with Gasteiger partial charge in [-0.3, -0.25) is 4.79 Å². The molecule has 3 heterocycles. The van der Waals surface area contributed by atoms with Crippen LogP contribution in [0.3, 0.4) is 0 Å². The fourth-order valence-electron chi connectivity index (χ4n) is 4.48. The molecule has 1 fully saturated rings. The lowest BCUT2D eigenvalue weighted by atomic mass is 9.96. The highest BCUT2D eigenvalue weighted by atomic mass is 35.5. The van der Waals surface area contributed by atoms with E-state index in [1.807, 2.05) is 78.3 Å². The maximum Gasteiger partial charge on any atom is 0.225 e. The Balaban J connectivity index is 1.36. The molecule has 0 saturated carbocycles. The Hall–Kier alpha value is -3.38. The lowest BCUT2D eigenvalue weighted by molar-refractivity contribution is -0.125. The van der Waals surface area contributed by atoms with E-state index in [-0.39, 0.29) is 17.9 Å². The van der Waals surface area contributed by atoms with Gasteiger partial charge in [0.15, 0.2) is 5.82 Å². The van der Waals surface area contributed by atoms with Gasteiger partial charge in [-0.2, -0.15) is 5.10 Å². The summed E-state index contributed by atoms with van der Waals surface area (Å²) in [4.78, 5) is 19.9. The van der Waals surface area contributed by atoms with Crippen LogP contribution in [-0.4, -0.2) is 33.6 Å². The van der Waals surface area contributed by atoms with Gasteiger partial charge in [-0.05, 0) is 43.5 Å². The first-order chi connectivity index (χ1) is 16.1. The molecule has 0 bridgehead atoms. The number of carbonyl (C=O) groups excluding carboxylic acids is 1. The SMILES string of the molecule is C[C@H](NC(=O)[C@@H]1CCCN(c2nccn3nc(-c4cccc(Cl)c4)cc23)C1)c1ccccc1. The molecular formula is C26H26ClN5O. The molecule has 33 heavy (non-hydrogen) atoms. The summed E-state index contributed by atoms with van der Waals surface area (Å²) in [5, 5.41) is 8.59. The van der Waals surface area contributed by atoms with Crippen LogP contribution in [0.1, 0.15) is 31.4 Å². The predicted molar refractivity (Wildman–Crippen MR) is 131 cm³/mol. The van der Waals surface area contributed by atoms with Crippen LogP contribution in [-0.2, 0) is 4.79 Å². The van der Waals surface area contributed by atoms with E-state index in [9.17, 15) is 4.79 Å². The molecule has 0 unspecified atom stereocenters. The van der Waals surface area contributed by atoms with Crippen molar-refractivity contribution < 1.29 is 4.79 Å². The van der Waals surface area contributed by atoms with Crippen molar-refractivity contribution in [1.82, 2.24) is 19.9 Å². The summed E-state index contributed by atoms with van der Waals surface area (Å²) in [6.07, 6.45) is 5.43. The third-order valence-corrected chi connectivity index (χ3v) is 6.48. The predicted octanol–water partition coefficient (Wildman–Crippen LogP) is 5.14. The summed E-state index contributed by atoms with van der Waals surface area (Å²) in [5.41, 5.74) is 3.83. The summed E-state index contributed by atoms with van der Waals surface area (Å²) in [6, 6.07) is 19.8. The number of rotatable bonds is 5. The zero-order valence-corrected chi connectivity index (χ0v) is 19.2. The molecule has 6 nitrogen and oxygen atoms in total. The van der Waals surface area contributed by atoms with E-state index in [1.54, 1.807) is 6.20 Å². The largest absolute Gasteiger partial charge is 0.354 e. The van der Waals surface area contributed by atoms with Crippen molar-refractivity contribution in [3.05, 3.63) is 83.6 Å². The minimum Gasteiger partial charge on any atom is -0.354 e. The molecule has 2 atom stereocenters. The minimum atomic E-state index is -0.0812. The van der Waals surface area contributed by atoms with Crippen molar-refractivity contribution in [3.8, 4) is 11.3 Å². The maximum absolute atomic E-state index is 13.1. The van der Waals surface area contributed by atoms with Crippen LogP contribution in [0.15, 0.2) is 73.1 Å². The first kappa shape index (κ1) is 21.5. The van der Waals surface area contributed by atoms with E-state index in [0.717, 1.165) is 47.5 Å². The standard InChI is InChI=1S/C26H26ClN5O/c1-18(19-7-3-2-4-8-19)29-26(33)21-10-6-13-31(17-21)25-24-16-23(30-32(24)14-12-28-25)20-9-5-11-22(27)15-20/h2-5,7-9,11-12,14-16,18,21H,6,10,13,17H2,1H3,(H,29,33)/t18-,21+/m0/s1. The number of anilines is 1. The Morgan fingerprint density at radius 1 is 1.15 bits per heavy atom. The van der Waals surface area contributed by atoms with Gasteiger partial charge in [0, 0.05) is 36.1 Å². The van der Waals surface area contributed by atoms with E-state index in [0.29, 0.717) is 11.6 Å². The molecule has 1 amide bonds. The van der Waals surface area contributed by atoms with Crippen LogP contribution in [0.4, 0.5) is 5.82 Å². The van der Waals surface area contributed by atoms with E-state index < -0.39 is 0 Å². The van der Waals surface area contributed by atoms with E-state index in [1.165, 1.54) is 0 Å². The minimum absolute atomic E-state index is 0.0225. The van der Waals surface area contributed by atoms with E-state index in [2.05, 4.69) is 15.2 Å². The van der Waals surface area contributed by atoms with Gasteiger partial charge in [-0.15, -0.1) is 0 Å². The molecule has 168 valence electrons. The average molecular weight is 460 g/mol. The van der Waals surface area contributed by atoms with Gasteiger partial charge >= 0.3 is 0 Å². The number of halogens is 1. The Labute approximate surface area is 198 Å². The number of nitrogens with one attached hydrogen (secondary N) is 1. The zero-order chi connectivity index (χ0) is 22.8. The van der Waals surface area contributed by atoms with Crippen LogP contribution in [0.25, 0.3) is 16.8 Å². The summed E-state index contributed by atoms with van der Waals surface area (Å²) in [5.74, 6) is 0.866. The summed E-state index contributed by atoms with van der Waals surface area (Å²) < 4.78 is 1.85. The number of amides is 1. The van der Waals surface area contributed by atoms with Gasteiger partial charge < -0.3 is 10.2 Å². The number of fused-ring (bicyclic) bond motifs is 1. The molecule has 1 aliphatic rings. The molecule has 0 aliphatic carbocycles. The van der Waals surface area contributed by atoms with Crippen molar-refractivity contribution in [2.75, 3.05) is 18.0 Å². The molecular weight excluding hydrogens is 434 g/mol. The van der Waals surface area contributed by atoms with E-state index in [4.69, 9.17) is 16.7 Å². The lowest BCUT2D eigenvalue weighted by Gasteiger charge is -2.33. The van der Waals surface area contributed by atoms with Crippen LogP contribution in [0, 0.1) is 5.92 Å². The molecule has 2 aromatic heterocycles. The summed E-state index contributed by atoms with van der Waals surface area (Å²) in [7, 11) is 0.